The highest BCUT2D eigenvalue weighted by molar-refractivity contribution is 7.18. The third-order valence-electron chi connectivity index (χ3n) is 3.21. The first kappa shape index (κ1) is 15.4. The first-order valence-corrected chi connectivity index (χ1v) is 7.69. The molecule has 3 rings (SSSR count). The number of aromatic nitrogens is 3. The Bertz CT molecular complexity index is 863. The number of ether oxygens (including phenoxy) is 1. The lowest BCUT2D eigenvalue weighted by molar-refractivity contribution is 0.1000. The molecule has 2 heterocycles. The number of nitrogens with zero attached hydrogens (tertiary/aromatic N) is 3. The second kappa shape index (κ2) is 5.31. The van der Waals surface area contributed by atoms with Crippen LogP contribution in [-0.4, -0.2) is 20.5 Å². The number of halogens is 1. The summed E-state index contributed by atoms with van der Waals surface area (Å²) in [5.74, 6) is -1.40. The van der Waals surface area contributed by atoms with Crippen LogP contribution in [0.25, 0.3) is 4.96 Å². The maximum absolute atomic E-state index is 13.9. The van der Waals surface area contributed by atoms with Crippen molar-refractivity contribution in [3.63, 3.8) is 0 Å². The number of amides is 1. The fourth-order valence-electron chi connectivity index (χ4n) is 1.92. The zero-order valence-corrected chi connectivity index (χ0v) is 13.6. The van der Waals surface area contributed by atoms with E-state index in [1.54, 1.807) is 4.52 Å². The van der Waals surface area contributed by atoms with E-state index >= 15 is 0 Å². The number of primary amides is 1. The lowest BCUT2D eigenvalue weighted by Gasteiger charge is -2.13. The average molecular weight is 334 g/mol. The first-order valence-electron chi connectivity index (χ1n) is 6.88. The normalized spacial score (nSPS) is 11.8. The largest absolute Gasteiger partial charge is 0.427 e. The smallest absolute Gasteiger partial charge is 0.299 e. The molecule has 23 heavy (non-hydrogen) atoms. The van der Waals surface area contributed by atoms with Gasteiger partial charge in [0.15, 0.2) is 11.6 Å². The Morgan fingerprint density at radius 3 is 2.70 bits per heavy atom. The van der Waals surface area contributed by atoms with E-state index in [0.717, 1.165) is 11.8 Å². The number of nitrogens with two attached hydrogens (primary N) is 1. The monoisotopic (exact) mass is 334 g/mol. The fraction of sp³-hybridized carbons (Fsp3) is 0.267. The SMILES string of the molecule is CC(C)(C)c1cn2nc(Oc3ccc(C(N)=O)cc3F)sc2n1. The molecule has 3 aromatic rings. The molecule has 0 fully saturated rings. The van der Waals surface area contributed by atoms with Gasteiger partial charge in [-0.25, -0.2) is 13.9 Å². The fourth-order valence-corrected chi connectivity index (χ4v) is 2.66. The van der Waals surface area contributed by atoms with Gasteiger partial charge in [0.25, 0.3) is 5.19 Å². The van der Waals surface area contributed by atoms with E-state index in [9.17, 15) is 9.18 Å². The van der Waals surface area contributed by atoms with Gasteiger partial charge in [0.1, 0.15) is 0 Å². The van der Waals surface area contributed by atoms with Crippen LogP contribution in [0.15, 0.2) is 24.4 Å². The van der Waals surface area contributed by atoms with Crippen LogP contribution in [0.3, 0.4) is 0 Å². The standard InChI is InChI=1S/C15H15FN4O2S/c1-15(2,3)11-7-20-13(18-11)23-14(19-20)22-10-5-4-8(12(17)21)6-9(10)16/h4-7H,1-3H3,(H2,17,21). The predicted molar refractivity (Wildman–Crippen MR) is 84.6 cm³/mol. The van der Waals surface area contributed by atoms with Gasteiger partial charge in [-0.3, -0.25) is 4.79 Å². The van der Waals surface area contributed by atoms with E-state index in [-0.39, 0.29) is 21.9 Å². The van der Waals surface area contributed by atoms with Gasteiger partial charge in [0, 0.05) is 11.0 Å². The summed E-state index contributed by atoms with van der Waals surface area (Å²) in [6.45, 7) is 6.19. The number of benzene rings is 1. The lowest BCUT2D eigenvalue weighted by atomic mass is 9.93. The molecule has 120 valence electrons. The summed E-state index contributed by atoms with van der Waals surface area (Å²) in [6.07, 6.45) is 1.82. The Morgan fingerprint density at radius 2 is 2.13 bits per heavy atom. The van der Waals surface area contributed by atoms with Gasteiger partial charge in [-0.05, 0) is 29.5 Å². The second-order valence-corrected chi connectivity index (χ2v) is 7.00. The van der Waals surface area contributed by atoms with Crippen LogP contribution in [0.4, 0.5) is 4.39 Å². The summed E-state index contributed by atoms with van der Waals surface area (Å²) in [5.41, 5.74) is 6.02. The highest BCUT2D eigenvalue weighted by Gasteiger charge is 2.20. The van der Waals surface area contributed by atoms with Gasteiger partial charge >= 0.3 is 0 Å². The first-order chi connectivity index (χ1) is 10.7. The molecule has 0 aliphatic rings. The minimum absolute atomic E-state index is 0.0250. The molecule has 0 aliphatic carbocycles. The molecule has 0 saturated carbocycles. The molecule has 0 atom stereocenters. The van der Waals surface area contributed by atoms with Gasteiger partial charge in [-0.1, -0.05) is 20.8 Å². The summed E-state index contributed by atoms with van der Waals surface area (Å²) in [5, 5.41) is 4.50. The number of imidazole rings is 1. The average Bonchev–Trinajstić information content (AvgIpc) is 2.98. The molecule has 8 heteroatoms. The molecule has 2 aromatic heterocycles. The zero-order chi connectivity index (χ0) is 16.8. The number of carbonyl (C=O) groups is 1. The maximum atomic E-state index is 13.9. The van der Waals surface area contributed by atoms with Crippen molar-refractivity contribution in [3.05, 3.63) is 41.5 Å². The van der Waals surface area contributed by atoms with E-state index in [1.807, 2.05) is 6.20 Å². The molecule has 0 bridgehead atoms. The molecule has 0 aliphatic heterocycles. The third kappa shape index (κ3) is 3.02. The van der Waals surface area contributed by atoms with Crippen LogP contribution in [-0.2, 0) is 5.41 Å². The Balaban J connectivity index is 1.87. The molecule has 1 amide bonds. The van der Waals surface area contributed by atoms with Gasteiger partial charge < -0.3 is 10.5 Å². The van der Waals surface area contributed by atoms with Crippen LogP contribution in [0.2, 0.25) is 0 Å². The highest BCUT2D eigenvalue weighted by atomic mass is 32.1. The van der Waals surface area contributed by atoms with E-state index in [2.05, 4.69) is 30.9 Å². The van der Waals surface area contributed by atoms with E-state index in [0.29, 0.717) is 4.96 Å². The topological polar surface area (TPSA) is 82.5 Å². The Labute approximate surface area is 135 Å². The molecule has 2 N–H and O–H groups in total. The summed E-state index contributed by atoms with van der Waals surface area (Å²) in [6, 6.07) is 3.78. The van der Waals surface area contributed by atoms with Crippen LogP contribution in [0.5, 0.6) is 10.9 Å². The number of hydrogen-bond acceptors (Lipinski definition) is 5. The second-order valence-electron chi connectivity index (χ2n) is 6.08. The molecular formula is C15H15FN4O2S. The van der Waals surface area contributed by atoms with Crippen molar-refractivity contribution in [3.8, 4) is 10.9 Å². The summed E-state index contributed by atoms with van der Waals surface area (Å²) >= 11 is 1.21. The zero-order valence-electron chi connectivity index (χ0n) is 12.8. The van der Waals surface area contributed by atoms with Crippen molar-refractivity contribution < 1.29 is 13.9 Å². The van der Waals surface area contributed by atoms with Gasteiger partial charge in [0.2, 0.25) is 10.9 Å². The molecular weight excluding hydrogens is 319 g/mol. The minimum Gasteiger partial charge on any atom is -0.427 e. The van der Waals surface area contributed by atoms with Crippen LogP contribution < -0.4 is 10.5 Å². The Morgan fingerprint density at radius 1 is 1.39 bits per heavy atom. The van der Waals surface area contributed by atoms with Gasteiger partial charge in [-0.2, -0.15) is 0 Å². The molecule has 0 spiro atoms. The number of fused-ring (bicyclic) bond motifs is 1. The van der Waals surface area contributed by atoms with Crippen LogP contribution >= 0.6 is 11.3 Å². The number of hydrogen-bond donors (Lipinski definition) is 1. The Hall–Kier alpha value is -2.48. The van der Waals surface area contributed by atoms with Crippen molar-refractivity contribution >= 4 is 22.2 Å². The van der Waals surface area contributed by atoms with Gasteiger partial charge in [-0.15, -0.1) is 5.10 Å². The maximum Gasteiger partial charge on any atom is 0.299 e. The number of carbonyl (C=O) groups excluding carboxylic acids is 1. The number of rotatable bonds is 3. The van der Waals surface area contributed by atoms with E-state index in [4.69, 9.17) is 10.5 Å². The summed E-state index contributed by atoms with van der Waals surface area (Å²) in [7, 11) is 0. The Kier molecular flexibility index (Phi) is 3.56. The molecule has 6 nitrogen and oxygen atoms in total. The van der Waals surface area contributed by atoms with E-state index < -0.39 is 11.7 Å². The van der Waals surface area contributed by atoms with Crippen molar-refractivity contribution in [2.45, 2.75) is 26.2 Å². The van der Waals surface area contributed by atoms with E-state index in [1.165, 1.54) is 23.5 Å². The highest BCUT2D eigenvalue weighted by Crippen LogP contribution is 2.30. The van der Waals surface area contributed by atoms with Gasteiger partial charge in [0.05, 0.1) is 11.9 Å². The molecule has 0 saturated heterocycles. The lowest BCUT2D eigenvalue weighted by Crippen LogP contribution is -2.11. The molecule has 1 aromatic carbocycles. The molecule has 0 unspecified atom stereocenters. The van der Waals surface area contributed by atoms with Crippen molar-refractivity contribution in [2.24, 2.45) is 5.73 Å². The quantitative estimate of drug-likeness (QED) is 0.798. The van der Waals surface area contributed by atoms with Crippen LogP contribution in [0.1, 0.15) is 36.8 Å². The summed E-state index contributed by atoms with van der Waals surface area (Å²) in [4.78, 5) is 16.2. The predicted octanol–water partition coefficient (Wildman–Crippen LogP) is 3.12. The summed E-state index contributed by atoms with van der Waals surface area (Å²) < 4.78 is 21.0. The van der Waals surface area contributed by atoms with Crippen LogP contribution in [0, 0.1) is 5.82 Å². The van der Waals surface area contributed by atoms with Crippen molar-refractivity contribution in [2.75, 3.05) is 0 Å². The van der Waals surface area contributed by atoms with Crippen molar-refractivity contribution in [1.29, 1.82) is 0 Å². The minimum atomic E-state index is -0.696. The molecule has 0 radical (unpaired) electrons. The third-order valence-corrected chi connectivity index (χ3v) is 4.01. The van der Waals surface area contributed by atoms with Crippen molar-refractivity contribution in [1.82, 2.24) is 14.6 Å².